The molecule has 0 aliphatic rings. The summed E-state index contributed by atoms with van der Waals surface area (Å²) in [5.74, 6) is 1.64. The zero-order chi connectivity index (χ0) is 15.2. The quantitative estimate of drug-likeness (QED) is 0.749. The van der Waals surface area contributed by atoms with Crippen LogP contribution in [0.1, 0.15) is 18.9 Å². The maximum Gasteiger partial charge on any atom is 0.130 e. The van der Waals surface area contributed by atoms with Gasteiger partial charge in [0.2, 0.25) is 0 Å². The molecule has 2 N–H and O–H groups in total. The van der Waals surface area contributed by atoms with Gasteiger partial charge in [-0.1, -0.05) is 18.5 Å². The summed E-state index contributed by atoms with van der Waals surface area (Å²) in [4.78, 5) is 1.21. The fourth-order valence-electron chi connectivity index (χ4n) is 2.00. The predicted molar refractivity (Wildman–Crippen MR) is 91.7 cm³/mol. The number of rotatable bonds is 6. The number of hydrogen-bond donors (Lipinski definition) is 1. The zero-order valence-corrected chi connectivity index (χ0v) is 13.9. The summed E-state index contributed by atoms with van der Waals surface area (Å²) >= 11 is 7.80. The van der Waals surface area contributed by atoms with E-state index in [9.17, 15) is 0 Å². The minimum atomic E-state index is 0.115. The van der Waals surface area contributed by atoms with Crippen LogP contribution in [0.15, 0.2) is 47.4 Å². The molecule has 0 spiro atoms. The Balaban J connectivity index is 2.21. The average molecular weight is 322 g/mol. The van der Waals surface area contributed by atoms with Crippen LogP contribution in [-0.2, 0) is 6.42 Å². The van der Waals surface area contributed by atoms with E-state index in [1.165, 1.54) is 4.90 Å². The Morgan fingerprint density at radius 2 is 1.90 bits per heavy atom. The first-order valence-electron chi connectivity index (χ1n) is 6.98. The summed E-state index contributed by atoms with van der Waals surface area (Å²) in [6.45, 7) is 2.08. The molecule has 0 amide bonds. The zero-order valence-electron chi connectivity index (χ0n) is 12.3. The van der Waals surface area contributed by atoms with Gasteiger partial charge in [-0.25, -0.2) is 0 Å². The average Bonchev–Trinajstić information content (AvgIpc) is 2.50. The molecule has 1 unspecified atom stereocenters. The van der Waals surface area contributed by atoms with E-state index < -0.39 is 0 Å². The van der Waals surface area contributed by atoms with Crippen molar-refractivity contribution in [1.82, 2.24) is 0 Å². The highest BCUT2D eigenvalue weighted by molar-refractivity contribution is 7.98. The Morgan fingerprint density at radius 1 is 1.19 bits per heavy atom. The van der Waals surface area contributed by atoms with Gasteiger partial charge in [0.25, 0.3) is 0 Å². The highest BCUT2D eigenvalue weighted by atomic mass is 35.5. The minimum Gasteiger partial charge on any atom is -0.457 e. The van der Waals surface area contributed by atoms with Crippen LogP contribution in [0.2, 0.25) is 5.02 Å². The molecule has 2 rings (SSSR count). The van der Waals surface area contributed by atoms with Crippen LogP contribution in [0.3, 0.4) is 0 Å². The Morgan fingerprint density at radius 3 is 2.52 bits per heavy atom. The molecule has 112 valence electrons. The molecule has 0 saturated carbocycles. The van der Waals surface area contributed by atoms with Crippen LogP contribution in [0.5, 0.6) is 11.5 Å². The summed E-state index contributed by atoms with van der Waals surface area (Å²) in [6.07, 6.45) is 3.74. The number of halogens is 1. The molecule has 2 aromatic carbocycles. The maximum atomic E-state index is 6.09. The third-order valence-electron chi connectivity index (χ3n) is 3.32. The fraction of sp³-hybridized carbons (Fsp3) is 0.294. The molecule has 0 fully saturated rings. The number of ether oxygens (including phenoxy) is 1. The van der Waals surface area contributed by atoms with Crippen molar-refractivity contribution >= 4 is 23.4 Å². The summed E-state index contributed by atoms with van der Waals surface area (Å²) in [7, 11) is 0. The van der Waals surface area contributed by atoms with Gasteiger partial charge in [-0.2, -0.15) is 0 Å². The molecule has 0 heterocycles. The minimum absolute atomic E-state index is 0.115. The SMILES string of the molecule is CCC(N)Cc1cc(Cl)ccc1Oc1ccc(SC)cc1. The van der Waals surface area contributed by atoms with Crippen LogP contribution < -0.4 is 10.5 Å². The second-order valence-corrected chi connectivity index (χ2v) is 6.22. The van der Waals surface area contributed by atoms with Crippen molar-refractivity contribution in [3.05, 3.63) is 53.1 Å². The highest BCUT2D eigenvalue weighted by Gasteiger charge is 2.10. The number of nitrogens with two attached hydrogens (primary N) is 1. The molecule has 0 bridgehead atoms. The second kappa shape index (κ2) is 7.74. The van der Waals surface area contributed by atoms with Gasteiger partial charge in [0, 0.05) is 16.0 Å². The van der Waals surface area contributed by atoms with Crippen molar-refractivity contribution < 1.29 is 4.74 Å². The molecule has 21 heavy (non-hydrogen) atoms. The fourth-order valence-corrected chi connectivity index (χ4v) is 2.61. The lowest BCUT2D eigenvalue weighted by molar-refractivity contribution is 0.471. The largest absolute Gasteiger partial charge is 0.457 e. The standard InChI is InChI=1S/C17H20ClNOS/c1-3-14(19)11-12-10-13(18)4-9-17(12)20-15-5-7-16(21-2)8-6-15/h4-10,14H,3,11,19H2,1-2H3. The third kappa shape index (κ3) is 4.67. The van der Waals surface area contributed by atoms with Gasteiger partial charge in [0.15, 0.2) is 0 Å². The highest BCUT2D eigenvalue weighted by Crippen LogP contribution is 2.30. The van der Waals surface area contributed by atoms with E-state index in [4.69, 9.17) is 22.1 Å². The molecule has 0 aromatic heterocycles. The molecule has 0 radical (unpaired) electrons. The van der Waals surface area contributed by atoms with Gasteiger partial charge in [-0.3, -0.25) is 0 Å². The van der Waals surface area contributed by atoms with Crippen LogP contribution in [0.4, 0.5) is 0 Å². The Kier molecular flexibility index (Phi) is 5.97. The topological polar surface area (TPSA) is 35.2 Å². The van der Waals surface area contributed by atoms with Gasteiger partial charge in [0.05, 0.1) is 0 Å². The van der Waals surface area contributed by atoms with Gasteiger partial charge >= 0.3 is 0 Å². The Bertz CT molecular complexity index is 586. The maximum absolute atomic E-state index is 6.09. The monoisotopic (exact) mass is 321 g/mol. The van der Waals surface area contributed by atoms with Crippen molar-refractivity contribution in [3.8, 4) is 11.5 Å². The molecular weight excluding hydrogens is 302 g/mol. The van der Waals surface area contributed by atoms with E-state index in [0.717, 1.165) is 29.9 Å². The van der Waals surface area contributed by atoms with Crippen molar-refractivity contribution in [2.75, 3.05) is 6.26 Å². The predicted octanol–water partition coefficient (Wildman–Crippen LogP) is 5.13. The third-order valence-corrected chi connectivity index (χ3v) is 4.29. The van der Waals surface area contributed by atoms with Crippen molar-refractivity contribution in [3.63, 3.8) is 0 Å². The van der Waals surface area contributed by atoms with Crippen molar-refractivity contribution in [2.45, 2.75) is 30.7 Å². The number of benzene rings is 2. The number of thioether (sulfide) groups is 1. The Hall–Kier alpha value is -1.16. The normalized spacial score (nSPS) is 12.2. The van der Waals surface area contributed by atoms with Crippen molar-refractivity contribution in [2.24, 2.45) is 5.73 Å². The smallest absolute Gasteiger partial charge is 0.130 e. The van der Waals surface area contributed by atoms with E-state index in [1.807, 2.05) is 42.5 Å². The summed E-state index contributed by atoms with van der Waals surface area (Å²) in [5, 5.41) is 0.707. The molecule has 2 aromatic rings. The van der Waals surface area contributed by atoms with E-state index in [2.05, 4.69) is 13.2 Å². The first-order chi connectivity index (χ1) is 10.1. The van der Waals surface area contributed by atoms with Crippen LogP contribution in [0.25, 0.3) is 0 Å². The molecule has 4 heteroatoms. The van der Waals surface area contributed by atoms with E-state index >= 15 is 0 Å². The van der Waals surface area contributed by atoms with E-state index in [0.29, 0.717) is 5.02 Å². The van der Waals surface area contributed by atoms with Gasteiger partial charge in [0.1, 0.15) is 11.5 Å². The molecule has 2 nitrogen and oxygen atoms in total. The van der Waals surface area contributed by atoms with Crippen LogP contribution in [-0.4, -0.2) is 12.3 Å². The first-order valence-corrected chi connectivity index (χ1v) is 8.58. The molecule has 0 saturated heterocycles. The summed E-state index contributed by atoms with van der Waals surface area (Å²) < 4.78 is 5.99. The Labute approximate surface area is 135 Å². The van der Waals surface area contributed by atoms with Crippen molar-refractivity contribution in [1.29, 1.82) is 0 Å². The van der Waals surface area contributed by atoms with E-state index in [1.54, 1.807) is 11.8 Å². The van der Waals surface area contributed by atoms with Gasteiger partial charge in [-0.15, -0.1) is 11.8 Å². The molecule has 0 aliphatic carbocycles. The number of hydrogen-bond acceptors (Lipinski definition) is 3. The second-order valence-electron chi connectivity index (χ2n) is 4.90. The van der Waals surface area contributed by atoms with Crippen LogP contribution >= 0.6 is 23.4 Å². The lowest BCUT2D eigenvalue weighted by Gasteiger charge is -2.15. The van der Waals surface area contributed by atoms with Crippen LogP contribution in [0, 0.1) is 0 Å². The van der Waals surface area contributed by atoms with Gasteiger partial charge in [-0.05, 0) is 67.1 Å². The molecule has 0 aliphatic heterocycles. The lowest BCUT2D eigenvalue weighted by Crippen LogP contribution is -2.21. The first kappa shape index (κ1) is 16.2. The van der Waals surface area contributed by atoms with Gasteiger partial charge < -0.3 is 10.5 Å². The molecule has 1 atom stereocenters. The van der Waals surface area contributed by atoms with E-state index in [-0.39, 0.29) is 6.04 Å². The molecular formula is C17H20ClNOS. The summed E-state index contributed by atoms with van der Waals surface area (Å²) in [6, 6.07) is 13.8. The lowest BCUT2D eigenvalue weighted by atomic mass is 10.0. The summed E-state index contributed by atoms with van der Waals surface area (Å²) in [5.41, 5.74) is 7.10.